The molecule has 1 aromatic heterocycles. The Morgan fingerprint density at radius 2 is 1.67 bits per heavy atom. The third-order valence-electron chi connectivity index (χ3n) is 3.70. The standard InChI is InChI=1S/C20H18N4O3/c1-13-12-17(18(25)22-14-8-4-3-5-9-14)24-20(21-13)23-16-11-7-6-10-15(16)19(26)27-2/h3-12H,1-2H3,(H,22,25)(H,21,23,24). The van der Waals surface area contributed by atoms with Crippen LogP contribution in [0.2, 0.25) is 0 Å². The topological polar surface area (TPSA) is 93.2 Å². The highest BCUT2D eigenvalue weighted by Crippen LogP contribution is 2.20. The Balaban J connectivity index is 1.86. The maximum absolute atomic E-state index is 12.5. The molecule has 0 fully saturated rings. The first-order valence-electron chi connectivity index (χ1n) is 8.23. The SMILES string of the molecule is COC(=O)c1ccccc1Nc1nc(C)cc(C(=O)Nc2ccccc2)n1. The van der Waals surface area contributed by atoms with Gasteiger partial charge >= 0.3 is 5.97 Å². The van der Waals surface area contributed by atoms with Gasteiger partial charge in [-0.25, -0.2) is 14.8 Å². The van der Waals surface area contributed by atoms with Crippen LogP contribution in [0.1, 0.15) is 26.5 Å². The summed E-state index contributed by atoms with van der Waals surface area (Å²) in [6.07, 6.45) is 0. The van der Waals surface area contributed by atoms with E-state index in [-0.39, 0.29) is 17.5 Å². The molecular weight excluding hydrogens is 344 g/mol. The maximum Gasteiger partial charge on any atom is 0.339 e. The van der Waals surface area contributed by atoms with Gasteiger partial charge in [0.25, 0.3) is 5.91 Å². The van der Waals surface area contributed by atoms with Crippen LogP contribution in [0.25, 0.3) is 0 Å². The molecule has 0 spiro atoms. The highest BCUT2D eigenvalue weighted by molar-refractivity contribution is 6.03. The summed E-state index contributed by atoms with van der Waals surface area (Å²) >= 11 is 0. The molecule has 3 aromatic rings. The molecule has 0 atom stereocenters. The third kappa shape index (κ3) is 4.46. The van der Waals surface area contributed by atoms with E-state index < -0.39 is 5.97 Å². The van der Waals surface area contributed by atoms with Crippen LogP contribution >= 0.6 is 0 Å². The second-order valence-electron chi connectivity index (χ2n) is 5.70. The van der Waals surface area contributed by atoms with Crippen LogP contribution in [0, 0.1) is 6.92 Å². The molecule has 0 unspecified atom stereocenters. The first-order chi connectivity index (χ1) is 13.1. The van der Waals surface area contributed by atoms with Gasteiger partial charge in [-0.05, 0) is 37.3 Å². The summed E-state index contributed by atoms with van der Waals surface area (Å²) in [5.74, 6) is -0.617. The largest absolute Gasteiger partial charge is 0.465 e. The first kappa shape index (κ1) is 18.1. The molecular formula is C20H18N4O3. The smallest absolute Gasteiger partial charge is 0.339 e. The molecule has 0 saturated carbocycles. The van der Waals surface area contributed by atoms with Gasteiger partial charge in [-0.15, -0.1) is 0 Å². The van der Waals surface area contributed by atoms with E-state index >= 15 is 0 Å². The van der Waals surface area contributed by atoms with Crippen molar-refractivity contribution in [2.75, 3.05) is 17.7 Å². The summed E-state index contributed by atoms with van der Waals surface area (Å²) in [7, 11) is 1.31. The third-order valence-corrected chi connectivity index (χ3v) is 3.70. The number of rotatable bonds is 5. The van der Waals surface area contributed by atoms with E-state index in [2.05, 4.69) is 20.6 Å². The van der Waals surface area contributed by atoms with Gasteiger partial charge in [-0.2, -0.15) is 0 Å². The second kappa shape index (κ2) is 8.09. The lowest BCUT2D eigenvalue weighted by Gasteiger charge is -2.11. The number of para-hydroxylation sites is 2. The van der Waals surface area contributed by atoms with Gasteiger partial charge in [0, 0.05) is 11.4 Å². The summed E-state index contributed by atoms with van der Waals surface area (Å²) < 4.78 is 4.78. The summed E-state index contributed by atoms with van der Waals surface area (Å²) in [6, 6.07) is 17.5. The van der Waals surface area contributed by atoms with Gasteiger partial charge in [0.1, 0.15) is 5.69 Å². The van der Waals surface area contributed by atoms with Crippen molar-refractivity contribution in [3.63, 3.8) is 0 Å². The minimum Gasteiger partial charge on any atom is -0.465 e. The molecule has 0 bridgehead atoms. The number of nitrogens with one attached hydrogen (secondary N) is 2. The number of hydrogen-bond donors (Lipinski definition) is 2. The zero-order valence-electron chi connectivity index (χ0n) is 14.9. The van der Waals surface area contributed by atoms with Crippen LogP contribution in [0.15, 0.2) is 60.7 Å². The van der Waals surface area contributed by atoms with E-state index in [1.54, 1.807) is 49.4 Å². The molecule has 1 heterocycles. The number of nitrogens with zero attached hydrogens (tertiary/aromatic N) is 2. The van der Waals surface area contributed by atoms with Crippen molar-refractivity contribution in [1.82, 2.24) is 9.97 Å². The number of esters is 1. The van der Waals surface area contributed by atoms with E-state index in [1.165, 1.54) is 7.11 Å². The summed E-state index contributed by atoms with van der Waals surface area (Å²) in [5, 5.41) is 5.77. The number of aromatic nitrogens is 2. The fourth-order valence-corrected chi connectivity index (χ4v) is 2.46. The Bertz CT molecular complexity index is 974. The molecule has 2 N–H and O–H groups in total. The lowest BCUT2D eigenvalue weighted by Crippen LogP contribution is -2.16. The minimum atomic E-state index is -0.479. The quantitative estimate of drug-likeness (QED) is 0.674. The molecule has 27 heavy (non-hydrogen) atoms. The van der Waals surface area contributed by atoms with Gasteiger partial charge in [0.2, 0.25) is 5.95 Å². The van der Waals surface area contributed by atoms with Gasteiger partial charge in [0.05, 0.1) is 18.4 Å². The maximum atomic E-state index is 12.5. The molecule has 0 aliphatic carbocycles. The van der Waals surface area contributed by atoms with Crippen LogP contribution in [0.3, 0.4) is 0 Å². The molecule has 7 heteroatoms. The Labute approximate surface area is 156 Å². The highest BCUT2D eigenvalue weighted by atomic mass is 16.5. The van der Waals surface area contributed by atoms with Crippen LogP contribution in [0.5, 0.6) is 0 Å². The number of hydrogen-bond acceptors (Lipinski definition) is 6. The van der Waals surface area contributed by atoms with E-state index in [1.807, 2.05) is 18.2 Å². The van der Waals surface area contributed by atoms with E-state index in [4.69, 9.17) is 4.74 Å². The molecule has 0 saturated heterocycles. The van der Waals surface area contributed by atoms with E-state index in [9.17, 15) is 9.59 Å². The van der Waals surface area contributed by atoms with Gasteiger partial charge in [-0.3, -0.25) is 4.79 Å². The van der Waals surface area contributed by atoms with E-state index in [0.29, 0.717) is 22.6 Å². The Morgan fingerprint density at radius 1 is 0.963 bits per heavy atom. The predicted molar refractivity (Wildman–Crippen MR) is 102 cm³/mol. The number of anilines is 3. The van der Waals surface area contributed by atoms with Crippen molar-refractivity contribution in [3.8, 4) is 0 Å². The van der Waals surface area contributed by atoms with Crippen molar-refractivity contribution in [1.29, 1.82) is 0 Å². The Morgan fingerprint density at radius 3 is 2.41 bits per heavy atom. The lowest BCUT2D eigenvalue weighted by molar-refractivity contribution is 0.0601. The number of carbonyl (C=O) groups excluding carboxylic acids is 2. The number of methoxy groups -OCH3 is 1. The van der Waals surface area contributed by atoms with Crippen molar-refractivity contribution in [3.05, 3.63) is 77.6 Å². The average Bonchev–Trinajstić information content (AvgIpc) is 2.68. The normalized spacial score (nSPS) is 10.1. The van der Waals surface area contributed by atoms with Crippen molar-refractivity contribution in [2.45, 2.75) is 6.92 Å². The molecule has 3 rings (SSSR count). The van der Waals surface area contributed by atoms with Gasteiger partial charge < -0.3 is 15.4 Å². The average molecular weight is 362 g/mol. The van der Waals surface area contributed by atoms with Gasteiger partial charge in [0.15, 0.2) is 0 Å². The molecule has 136 valence electrons. The zero-order valence-corrected chi connectivity index (χ0v) is 14.9. The predicted octanol–water partition coefficient (Wildman–Crippen LogP) is 3.57. The molecule has 0 aliphatic rings. The first-order valence-corrected chi connectivity index (χ1v) is 8.23. The Kier molecular flexibility index (Phi) is 5.41. The molecule has 7 nitrogen and oxygen atoms in total. The second-order valence-corrected chi connectivity index (χ2v) is 5.70. The van der Waals surface area contributed by atoms with Crippen LogP contribution in [0.4, 0.5) is 17.3 Å². The number of benzene rings is 2. The van der Waals surface area contributed by atoms with Crippen molar-refractivity contribution < 1.29 is 14.3 Å². The van der Waals surface area contributed by atoms with E-state index in [0.717, 1.165) is 0 Å². The number of ether oxygens (including phenoxy) is 1. The number of carbonyl (C=O) groups is 2. The van der Waals surface area contributed by atoms with Crippen LogP contribution in [-0.2, 0) is 4.74 Å². The van der Waals surface area contributed by atoms with Gasteiger partial charge in [-0.1, -0.05) is 30.3 Å². The molecule has 1 amide bonds. The Hall–Kier alpha value is -3.74. The monoisotopic (exact) mass is 362 g/mol. The molecule has 0 radical (unpaired) electrons. The highest BCUT2D eigenvalue weighted by Gasteiger charge is 2.14. The lowest BCUT2D eigenvalue weighted by atomic mass is 10.2. The fraction of sp³-hybridized carbons (Fsp3) is 0.100. The molecule has 0 aliphatic heterocycles. The van der Waals surface area contributed by atoms with Crippen molar-refractivity contribution >= 4 is 29.2 Å². The fourth-order valence-electron chi connectivity index (χ4n) is 2.46. The summed E-state index contributed by atoms with van der Waals surface area (Å²) in [6.45, 7) is 1.76. The summed E-state index contributed by atoms with van der Waals surface area (Å²) in [4.78, 5) is 32.9. The number of amides is 1. The minimum absolute atomic E-state index is 0.212. The van der Waals surface area contributed by atoms with Crippen molar-refractivity contribution in [2.24, 2.45) is 0 Å². The van der Waals surface area contributed by atoms with Crippen LogP contribution < -0.4 is 10.6 Å². The van der Waals surface area contributed by atoms with Crippen LogP contribution in [-0.4, -0.2) is 29.0 Å². The summed E-state index contributed by atoms with van der Waals surface area (Å²) in [5.41, 5.74) is 2.33. The molecule has 2 aromatic carbocycles. The zero-order chi connectivity index (χ0) is 19.2. The number of aryl methyl sites for hydroxylation is 1.